The standard InChI is InChI=1S/C27H32ClFN6O6/c1-15(14-36)34(12-21(37)31-11-16-6-5-7-19(28)23(16)29)22(38)13-35-20-9-8-17(32-26(40)41-27(2,3)4)10-18(20)24(33-35)25(30)39/h5-10,15,36H,11-14H2,1-4H3,(H2,30,39)(H,31,37)(H,32,40)/t15-/m1/s1. The number of benzene rings is 2. The van der Waals surface area contributed by atoms with Crippen LogP contribution in [0.1, 0.15) is 43.7 Å². The van der Waals surface area contributed by atoms with E-state index in [1.807, 2.05) is 0 Å². The number of nitrogens with zero attached hydrogens (tertiary/aromatic N) is 3. The molecule has 5 N–H and O–H groups in total. The highest BCUT2D eigenvalue weighted by molar-refractivity contribution is 6.30. The van der Waals surface area contributed by atoms with Gasteiger partial charge in [-0.25, -0.2) is 9.18 Å². The maximum Gasteiger partial charge on any atom is 0.412 e. The first kappa shape index (κ1) is 31.3. The van der Waals surface area contributed by atoms with Gasteiger partial charge in [-0.15, -0.1) is 0 Å². The summed E-state index contributed by atoms with van der Waals surface area (Å²) in [6.45, 7) is 5.26. The molecule has 0 aliphatic heterocycles. The smallest absolute Gasteiger partial charge is 0.412 e. The maximum atomic E-state index is 14.2. The summed E-state index contributed by atoms with van der Waals surface area (Å²) in [5.41, 5.74) is 5.49. The average Bonchev–Trinajstić information content (AvgIpc) is 3.24. The summed E-state index contributed by atoms with van der Waals surface area (Å²) in [6.07, 6.45) is -0.704. The van der Waals surface area contributed by atoms with Gasteiger partial charge < -0.3 is 25.8 Å². The minimum Gasteiger partial charge on any atom is -0.444 e. The molecule has 0 fully saturated rings. The maximum absolute atomic E-state index is 14.2. The predicted octanol–water partition coefficient (Wildman–Crippen LogP) is 2.80. The summed E-state index contributed by atoms with van der Waals surface area (Å²) < 4.78 is 20.6. The number of rotatable bonds is 10. The van der Waals surface area contributed by atoms with Gasteiger partial charge in [0, 0.05) is 23.2 Å². The quantitative estimate of drug-likeness (QED) is 0.281. The van der Waals surface area contributed by atoms with Crippen LogP contribution in [-0.2, 0) is 27.4 Å². The van der Waals surface area contributed by atoms with Gasteiger partial charge in [0.2, 0.25) is 11.8 Å². The summed E-state index contributed by atoms with van der Waals surface area (Å²) in [4.78, 5) is 51.4. The number of carbonyl (C=O) groups excluding carboxylic acids is 4. The van der Waals surface area contributed by atoms with Crippen molar-refractivity contribution in [2.24, 2.45) is 5.73 Å². The van der Waals surface area contributed by atoms with Crippen molar-refractivity contribution in [3.8, 4) is 0 Å². The SMILES string of the molecule is C[C@H](CO)N(CC(=O)NCc1cccc(Cl)c1F)C(=O)Cn1nc(C(N)=O)c2cc(NC(=O)OC(C)(C)C)ccc21. The van der Waals surface area contributed by atoms with Crippen molar-refractivity contribution >= 4 is 52.0 Å². The van der Waals surface area contributed by atoms with Gasteiger partial charge in [-0.05, 0) is 52.0 Å². The number of hydrogen-bond donors (Lipinski definition) is 4. The molecule has 0 radical (unpaired) electrons. The first-order chi connectivity index (χ1) is 19.2. The van der Waals surface area contributed by atoms with E-state index in [1.165, 1.54) is 28.9 Å². The minimum absolute atomic E-state index is 0.0861. The molecule has 0 saturated heterocycles. The Kier molecular flexibility index (Phi) is 9.89. The molecule has 0 unspecified atom stereocenters. The number of nitrogens with one attached hydrogen (secondary N) is 2. The van der Waals surface area contributed by atoms with Gasteiger partial charge in [-0.3, -0.25) is 24.4 Å². The van der Waals surface area contributed by atoms with Crippen LogP contribution in [0.5, 0.6) is 0 Å². The third kappa shape index (κ3) is 8.14. The molecule has 0 bridgehead atoms. The van der Waals surface area contributed by atoms with Crippen molar-refractivity contribution in [1.82, 2.24) is 20.0 Å². The molecule has 41 heavy (non-hydrogen) atoms. The summed E-state index contributed by atoms with van der Waals surface area (Å²) >= 11 is 5.78. The zero-order valence-corrected chi connectivity index (χ0v) is 23.8. The molecule has 0 saturated carbocycles. The number of aromatic nitrogens is 2. The number of halogens is 2. The summed E-state index contributed by atoms with van der Waals surface area (Å²) in [5.74, 6) is -2.71. The van der Waals surface area contributed by atoms with Crippen LogP contribution in [0.2, 0.25) is 5.02 Å². The lowest BCUT2D eigenvalue weighted by molar-refractivity contribution is -0.139. The van der Waals surface area contributed by atoms with E-state index in [2.05, 4.69) is 15.7 Å². The van der Waals surface area contributed by atoms with E-state index in [1.54, 1.807) is 39.8 Å². The summed E-state index contributed by atoms with van der Waals surface area (Å²) in [5, 5.41) is 19.2. The van der Waals surface area contributed by atoms with Crippen molar-refractivity contribution in [2.45, 2.75) is 52.4 Å². The lowest BCUT2D eigenvalue weighted by atomic mass is 10.1. The molecular weight excluding hydrogens is 559 g/mol. The molecule has 3 aromatic rings. The van der Waals surface area contributed by atoms with Gasteiger partial charge >= 0.3 is 6.09 Å². The fourth-order valence-electron chi connectivity index (χ4n) is 3.88. The molecular formula is C27H32ClFN6O6. The highest BCUT2D eigenvalue weighted by Crippen LogP contribution is 2.24. The zero-order chi connectivity index (χ0) is 30.5. The second-order valence-electron chi connectivity index (χ2n) is 10.3. The number of ether oxygens (including phenoxy) is 1. The largest absolute Gasteiger partial charge is 0.444 e. The van der Waals surface area contributed by atoms with E-state index in [0.29, 0.717) is 11.2 Å². The predicted molar refractivity (Wildman–Crippen MR) is 150 cm³/mol. The monoisotopic (exact) mass is 590 g/mol. The molecule has 1 heterocycles. The first-order valence-electron chi connectivity index (χ1n) is 12.6. The third-order valence-corrected chi connectivity index (χ3v) is 6.14. The van der Waals surface area contributed by atoms with E-state index in [4.69, 9.17) is 22.1 Å². The molecule has 0 aliphatic carbocycles. The van der Waals surface area contributed by atoms with Crippen LogP contribution in [-0.4, -0.2) is 68.4 Å². The summed E-state index contributed by atoms with van der Waals surface area (Å²) in [7, 11) is 0. The molecule has 0 spiro atoms. The number of anilines is 1. The molecule has 2 aromatic carbocycles. The lowest BCUT2D eigenvalue weighted by Gasteiger charge is -2.27. The van der Waals surface area contributed by atoms with Crippen molar-refractivity contribution in [2.75, 3.05) is 18.5 Å². The van der Waals surface area contributed by atoms with Crippen LogP contribution in [0.25, 0.3) is 10.9 Å². The highest BCUT2D eigenvalue weighted by Gasteiger charge is 2.25. The van der Waals surface area contributed by atoms with E-state index >= 15 is 0 Å². The van der Waals surface area contributed by atoms with Crippen molar-refractivity contribution in [3.63, 3.8) is 0 Å². The van der Waals surface area contributed by atoms with Crippen LogP contribution in [0.4, 0.5) is 14.9 Å². The normalized spacial score (nSPS) is 12.1. The Hall–Kier alpha value is -4.23. The molecule has 4 amide bonds. The average molecular weight is 591 g/mol. The van der Waals surface area contributed by atoms with Gasteiger partial charge in [-0.2, -0.15) is 5.10 Å². The summed E-state index contributed by atoms with van der Waals surface area (Å²) in [6, 6.07) is 8.20. The van der Waals surface area contributed by atoms with Gasteiger partial charge in [0.05, 0.1) is 29.7 Å². The number of carbonyl (C=O) groups is 4. The van der Waals surface area contributed by atoms with E-state index in [9.17, 15) is 28.7 Å². The van der Waals surface area contributed by atoms with Gasteiger partial charge in [0.25, 0.3) is 5.91 Å². The Morgan fingerprint density at radius 1 is 1.22 bits per heavy atom. The van der Waals surface area contributed by atoms with Crippen LogP contribution in [0.15, 0.2) is 36.4 Å². The Bertz CT molecular complexity index is 1470. The Morgan fingerprint density at radius 3 is 2.56 bits per heavy atom. The number of aliphatic hydroxyl groups is 1. The van der Waals surface area contributed by atoms with Crippen LogP contribution >= 0.6 is 11.6 Å². The molecule has 1 atom stereocenters. The molecule has 12 nitrogen and oxygen atoms in total. The van der Waals surface area contributed by atoms with Crippen molar-refractivity contribution in [3.05, 3.63) is 58.5 Å². The van der Waals surface area contributed by atoms with Crippen molar-refractivity contribution in [1.29, 1.82) is 0 Å². The minimum atomic E-state index is -0.858. The number of aliphatic hydroxyl groups excluding tert-OH is 1. The number of primary amides is 1. The third-order valence-electron chi connectivity index (χ3n) is 5.85. The fourth-order valence-corrected chi connectivity index (χ4v) is 4.07. The van der Waals surface area contributed by atoms with Gasteiger partial charge in [0.1, 0.15) is 18.0 Å². The first-order valence-corrected chi connectivity index (χ1v) is 13.0. The topological polar surface area (TPSA) is 169 Å². The van der Waals surface area contributed by atoms with E-state index in [-0.39, 0.29) is 28.2 Å². The zero-order valence-electron chi connectivity index (χ0n) is 23.0. The molecule has 220 valence electrons. The molecule has 3 rings (SSSR count). The Labute approximate surface area is 240 Å². The van der Waals surface area contributed by atoms with E-state index < -0.39 is 61.0 Å². The lowest BCUT2D eigenvalue weighted by Crippen LogP contribution is -2.47. The second-order valence-corrected chi connectivity index (χ2v) is 10.7. The number of nitrogens with two attached hydrogens (primary N) is 1. The Balaban J connectivity index is 1.79. The van der Waals surface area contributed by atoms with Crippen LogP contribution in [0, 0.1) is 5.82 Å². The van der Waals surface area contributed by atoms with Gasteiger partial charge in [0.15, 0.2) is 5.69 Å². The number of amides is 4. The highest BCUT2D eigenvalue weighted by atomic mass is 35.5. The van der Waals surface area contributed by atoms with E-state index in [0.717, 1.165) is 4.90 Å². The van der Waals surface area contributed by atoms with Crippen LogP contribution < -0.4 is 16.4 Å². The van der Waals surface area contributed by atoms with Crippen LogP contribution in [0.3, 0.4) is 0 Å². The Morgan fingerprint density at radius 2 is 1.93 bits per heavy atom. The molecule has 0 aliphatic rings. The number of fused-ring (bicyclic) bond motifs is 1. The molecule has 14 heteroatoms. The second kappa shape index (κ2) is 13.0. The fraction of sp³-hybridized carbons (Fsp3) is 0.370. The molecule has 1 aromatic heterocycles. The van der Waals surface area contributed by atoms with Crippen molar-refractivity contribution < 1.29 is 33.4 Å². The van der Waals surface area contributed by atoms with Gasteiger partial charge in [-0.1, -0.05) is 23.7 Å². The number of hydrogen-bond acceptors (Lipinski definition) is 7.